The molecule has 1 aliphatic heterocycles. The van der Waals surface area contributed by atoms with Crippen LogP contribution in [0.3, 0.4) is 0 Å². The molecule has 3 N–H and O–H groups in total. The fraction of sp³-hybridized carbons (Fsp3) is 0.500. The van der Waals surface area contributed by atoms with Crippen LogP contribution in [0.15, 0.2) is 23.1 Å². The van der Waals surface area contributed by atoms with Crippen LogP contribution in [0, 0.1) is 6.92 Å². The lowest BCUT2D eigenvalue weighted by atomic mass is 10.1. The van der Waals surface area contributed by atoms with Crippen molar-refractivity contribution in [2.24, 2.45) is 0 Å². The van der Waals surface area contributed by atoms with E-state index in [9.17, 15) is 22.8 Å². The van der Waals surface area contributed by atoms with Crippen LogP contribution in [-0.2, 0) is 19.6 Å². The fourth-order valence-corrected chi connectivity index (χ4v) is 4.75. The minimum Gasteiger partial charge on any atom is -0.345 e. The predicted molar refractivity (Wildman–Crippen MR) is 101 cm³/mol. The third-order valence-corrected chi connectivity index (χ3v) is 6.83. The van der Waals surface area contributed by atoms with Gasteiger partial charge in [0.15, 0.2) is 0 Å². The molecular formula is C18H24N4O5S. The van der Waals surface area contributed by atoms with Gasteiger partial charge in [0.05, 0.1) is 4.90 Å². The molecule has 1 saturated carbocycles. The van der Waals surface area contributed by atoms with Gasteiger partial charge in [-0.05, 0) is 50.3 Å². The summed E-state index contributed by atoms with van der Waals surface area (Å²) >= 11 is 0. The number of hydrogen-bond acceptors (Lipinski definition) is 5. The van der Waals surface area contributed by atoms with Gasteiger partial charge in [-0.25, -0.2) is 8.42 Å². The highest BCUT2D eigenvalue weighted by molar-refractivity contribution is 7.89. The van der Waals surface area contributed by atoms with Gasteiger partial charge in [-0.2, -0.15) is 4.31 Å². The van der Waals surface area contributed by atoms with Gasteiger partial charge in [-0.15, -0.1) is 0 Å². The van der Waals surface area contributed by atoms with Crippen molar-refractivity contribution in [1.29, 1.82) is 0 Å². The Bertz CT molecular complexity index is 889. The van der Waals surface area contributed by atoms with E-state index in [1.54, 1.807) is 13.0 Å². The zero-order valence-electron chi connectivity index (χ0n) is 15.7. The highest BCUT2D eigenvalue weighted by atomic mass is 32.2. The van der Waals surface area contributed by atoms with Crippen molar-refractivity contribution in [1.82, 2.24) is 20.5 Å². The molecule has 9 nitrogen and oxygen atoms in total. The number of nitrogens with zero attached hydrogens (tertiary/aromatic N) is 1. The molecule has 0 aromatic heterocycles. The number of hydrogen-bond donors (Lipinski definition) is 3. The van der Waals surface area contributed by atoms with E-state index in [0.29, 0.717) is 18.7 Å². The van der Waals surface area contributed by atoms with Crippen LogP contribution in [0.25, 0.3) is 0 Å². The standard InChI is InChI=1S/C18H24N4O5S/c1-12-5-6-13(11-15(12)28(26,27)22-9-3-2-4-10-22)16(23)20-21-18(25)17(24)19-14-7-8-14/h5-6,11,14H,2-4,7-10H2,1H3,(H,19,24)(H,20,23)(H,21,25). The molecule has 1 aromatic carbocycles. The molecule has 0 bridgehead atoms. The van der Waals surface area contributed by atoms with Gasteiger partial charge in [0.1, 0.15) is 0 Å². The number of piperidine rings is 1. The minimum absolute atomic E-state index is 0.0219. The summed E-state index contributed by atoms with van der Waals surface area (Å²) in [6, 6.07) is 4.34. The van der Waals surface area contributed by atoms with Crippen molar-refractivity contribution in [3.63, 3.8) is 0 Å². The molecule has 3 amide bonds. The molecule has 2 aliphatic rings. The molecule has 1 aromatic rings. The minimum atomic E-state index is -3.70. The van der Waals surface area contributed by atoms with Gasteiger partial charge in [-0.1, -0.05) is 12.5 Å². The first-order valence-corrected chi connectivity index (χ1v) is 10.7. The summed E-state index contributed by atoms with van der Waals surface area (Å²) in [5, 5.41) is 2.50. The Morgan fingerprint density at radius 2 is 1.68 bits per heavy atom. The summed E-state index contributed by atoms with van der Waals surface area (Å²) in [7, 11) is -3.70. The molecule has 0 radical (unpaired) electrons. The number of benzene rings is 1. The van der Waals surface area contributed by atoms with Crippen LogP contribution in [0.2, 0.25) is 0 Å². The van der Waals surface area contributed by atoms with Crippen LogP contribution in [0.5, 0.6) is 0 Å². The smallest absolute Gasteiger partial charge is 0.327 e. The molecule has 2 fully saturated rings. The van der Waals surface area contributed by atoms with Gasteiger partial charge in [0.25, 0.3) is 5.91 Å². The first kappa shape index (κ1) is 20.3. The molecule has 28 heavy (non-hydrogen) atoms. The van der Waals surface area contributed by atoms with Crippen LogP contribution in [-0.4, -0.2) is 49.6 Å². The average molecular weight is 408 g/mol. The van der Waals surface area contributed by atoms with Crippen LogP contribution in [0.4, 0.5) is 0 Å². The molecule has 0 atom stereocenters. The Balaban J connectivity index is 1.68. The zero-order chi connectivity index (χ0) is 20.3. The van der Waals surface area contributed by atoms with Gasteiger partial charge < -0.3 is 5.32 Å². The lowest BCUT2D eigenvalue weighted by molar-refractivity contribution is -0.139. The number of rotatable bonds is 4. The third kappa shape index (κ3) is 4.68. The molecule has 0 unspecified atom stereocenters. The monoisotopic (exact) mass is 408 g/mol. The van der Waals surface area contributed by atoms with E-state index in [2.05, 4.69) is 10.7 Å². The van der Waals surface area contributed by atoms with Crippen LogP contribution >= 0.6 is 0 Å². The second kappa shape index (κ2) is 8.27. The van der Waals surface area contributed by atoms with Crippen LogP contribution < -0.4 is 16.2 Å². The number of carbonyl (C=O) groups excluding carboxylic acids is 3. The Hall–Kier alpha value is -2.46. The molecular weight excluding hydrogens is 384 g/mol. The van der Waals surface area contributed by atoms with Gasteiger partial charge in [0, 0.05) is 24.7 Å². The Kier molecular flexibility index (Phi) is 5.99. The maximum absolute atomic E-state index is 12.9. The van der Waals surface area contributed by atoms with E-state index in [-0.39, 0.29) is 16.5 Å². The fourth-order valence-electron chi connectivity index (χ4n) is 2.98. The second-order valence-corrected chi connectivity index (χ2v) is 9.01. The van der Waals surface area contributed by atoms with Crippen LogP contribution in [0.1, 0.15) is 48.0 Å². The van der Waals surface area contributed by atoms with E-state index in [0.717, 1.165) is 32.1 Å². The summed E-state index contributed by atoms with van der Waals surface area (Å²) in [5.41, 5.74) is 4.79. The van der Waals surface area contributed by atoms with E-state index in [4.69, 9.17) is 0 Å². The maximum atomic E-state index is 12.9. The lowest BCUT2D eigenvalue weighted by Crippen LogP contribution is -2.49. The number of amides is 3. The van der Waals surface area contributed by atoms with Crippen molar-refractivity contribution in [2.75, 3.05) is 13.1 Å². The Labute approximate surface area is 163 Å². The average Bonchev–Trinajstić information content (AvgIpc) is 3.50. The largest absolute Gasteiger partial charge is 0.345 e. The van der Waals surface area contributed by atoms with Crippen molar-refractivity contribution in [3.8, 4) is 0 Å². The SMILES string of the molecule is Cc1ccc(C(=O)NNC(=O)C(=O)NC2CC2)cc1S(=O)(=O)N1CCCCC1. The topological polar surface area (TPSA) is 125 Å². The van der Waals surface area contributed by atoms with Crippen molar-refractivity contribution in [2.45, 2.75) is 50.0 Å². The first-order chi connectivity index (χ1) is 13.3. The molecule has 1 saturated heterocycles. The maximum Gasteiger partial charge on any atom is 0.327 e. The van der Waals surface area contributed by atoms with E-state index in [1.807, 2.05) is 5.43 Å². The quantitative estimate of drug-likeness (QED) is 0.485. The summed E-state index contributed by atoms with van der Waals surface area (Å²) in [6.45, 7) is 2.59. The van der Waals surface area contributed by atoms with Gasteiger partial charge in [-0.3, -0.25) is 25.2 Å². The summed E-state index contributed by atoms with van der Waals surface area (Å²) in [6.07, 6.45) is 4.30. The lowest BCUT2D eigenvalue weighted by Gasteiger charge is -2.26. The molecule has 1 heterocycles. The Morgan fingerprint density at radius 1 is 1.00 bits per heavy atom. The van der Waals surface area contributed by atoms with E-state index >= 15 is 0 Å². The number of sulfonamides is 1. The van der Waals surface area contributed by atoms with E-state index in [1.165, 1.54) is 16.4 Å². The first-order valence-electron chi connectivity index (χ1n) is 9.31. The highest BCUT2D eigenvalue weighted by Gasteiger charge is 2.29. The zero-order valence-corrected chi connectivity index (χ0v) is 16.5. The Morgan fingerprint density at radius 3 is 2.32 bits per heavy atom. The van der Waals surface area contributed by atoms with Gasteiger partial charge in [0.2, 0.25) is 10.0 Å². The number of carbonyl (C=O) groups is 3. The highest BCUT2D eigenvalue weighted by Crippen LogP contribution is 2.24. The van der Waals surface area contributed by atoms with Gasteiger partial charge >= 0.3 is 11.8 Å². The van der Waals surface area contributed by atoms with E-state index < -0.39 is 27.7 Å². The third-order valence-electron chi connectivity index (χ3n) is 4.79. The van der Waals surface area contributed by atoms with Crippen molar-refractivity contribution in [3.05, 3.63) is 29.3 Å². The normalized spacial score (nSPS) is 17.6. The van der Waals surface area contributed by atoms with Crippen molar-refractivity contribution >= 4 is 27.7 Å². The molecule has 1 aliphatic carbocycles. The predicted octanol–water partition coefficient (Wildman–Crippen LogP) is 0.209. The molecule has 152 valence electrons. The number of aryl methyl sites for hydroxylation is 1. The summed E-state index contributed by atoms with van der Waals surface area (Å²) in [4.78, 5) is 35.7. The second-order valence-electron chi connectivity index (χ2n) is 7.10. The van der Waals surface area contributed by atoms with Crippen molar-refractivity contribution < 1.29 is 22.8 Å². The number of hydrazine groups is 1. The molecule has 3 rings (SSSR count). The number of nitrogens with one attached hydrogen (secondary N) is 3. The summed E-state index contributed by atoms with van der Waals surface area (Å²) < 4.78 is 27.3. The molecule has 0 spiro atoms. The molecule has 10 heteroatoms. The summed E-state index contributed by atoms with van der Waals surface area (Å²) in [5.74, 6) is -2.50.